The zero-order chi connectivity index (χ0) is 10.7. The molecule has 1 aromatic rings. The van der Waals surface area contributed by atoms with E-state index < -0.39 is 12.1 Å². The Morgan fingerprint density at radius 1 is 1.64 bits per heavy atom. The highest BCUT2D eigenvalue weighted by Gasteiger charge is 2.16. The molecule has 0 aliphatic carbocycles. The van der Waals surface area contributed by atoms with Crippen LogP contribution in [0.4, 0.5) is 8.78 Å². The molecule has 1 heterocycles. The van der Waals surface area contributed by atoms with Crippen molar-refractivity contribution in [2.75, 3.05) is 0 Å². The van der Waals surface area contributed by atoms with E-state index in [0.717, 1.165) is 0 Å². The van der Waals surface area contributed by atoms with Crippen LogP contribution < -0.4 is 0 Å². The summed E-state index contributed by atoms with van der Waals surface area (Å²) in [5.41, 5.74) is -0.487. The maximum Gasteiger partial charge on any atom is 0.280 e. The summed E-state index contributed by atoms with van der Waals surface area (Å²) in [5.74, 6) is 0. The number of carbonyl (C=O) groups excluding carboxylic acids is 1. The number of hydrogen-bond donors (Lipinski definition) is 0. The van der Waals surface area contributed by atoms with Crippen LogP contribution in [-0.4, -0.2) is 11.3 Å². The van der Waals surface area contributed by atoms with Crippen molar-refractivity contribution in [1.29, 1.82) is 5.26 Å². The number of nitriles is 1. The van der Waals surface area contributed by atoms with Gasteiger partial charge in [0.15, 0.2) is 6.29 Å². The molecule has 0 fully saturated rings. The lowest BCUT2D eigenvalue weighted by Crippen LogP contribution is -2.01. The number of aldehydes is 1. The van der Waals surface area contributed by atoms with Gasteiger partial charge in [-0.15, -0.1) is 0 Å². The molecule has 5 heteroatoms. The summed E-state index contributed by atoms with van der Waals surface area (Å²) in [6, 6.07) is 2.92. The highest BCUT2D eigenvalue weighted by molar-refractivity contribution is 5.73. The molecule has 0 saturated carbocycles. The largest absolute Gasteiger partial charge is 0.296 e. The quantitative estimate of drug-likeness (QED) is 0.680. The molecule has 14 heavy (non-hydrogen) atoms. The van der Waals surface area contributed by atoms with Gasteiger partial charge in [0, 0.05) is 0 Å². The van der Waals surface area contributed by atoms with E-state index in [0.29, 0.717) is 6.29 Å². The second-order valence-corrected chi connectivity index (χ2v) is 2.64. The van der Waals surface area contributed by atoms with Gasteiger partial charge in [-0.3, -0.25) is 4.79 Å². The molecule has 1 rings (SSSR count). The highest BCUT2D eigenvalue weighted by atomic mass is 19.3. The van der Waals surface area contributed by atoms with E-state index >= 15 is 0 Å². The summed E-state index contributed by atoms with van der Waals surface area (Å²) in [7, 11) is 0. The number of pyridine rings is 1. The molecule has 0 saturated heterocycles. The van der Waals surface area contributed by atoms with Gasteiger partial charge in [-0.2, -0.15) is 5.26 Å². The summed E-state index contributed by atoms with van der Waals surface area (Å²) >= 11 is 0. The minimum absolute atomic E-state index is 0.0531. The summed E-state index contributed by atoms with van der Waals surface area (Å²) < 4.78 is 24.7. The van der Waals surface area contributed by atoms with Crippen molar-refractivity contribution in [3.05, 3.63) is 28.6 Å². The van der Waals surface area contributed by atoms with E-state index in [4.69, 9.17) is 5.26 Å². The number of nitrogens with zero attached hydrogens (tertiary/aromatic N) is 2. The minimum atomic E-state index is -2.78. The first kappa shape index (κ1) is 10.3. The molecule has 0 radical (unpaired) electrons. The SMILES string of the molecule is Cc1c(C#N)cc(C=O)nc1C(F)F. The number of alkyl halides is 2. The Kier molecular flexibility index (Phi) is 2.87. The molecule has 0 aliphatic rings. The van der Waals surface area contributed by atoms with Gasteiger partial charge in [0.1, 0.15) is 11.4 Å². The fourth-order valence-corrected chi connectivity index (χ4v) is 1.04. The molecule has 0 amide bonds. The van der Waals surface area contributed by atoms with Crippen molar-refractivity contribution in [2.24, 2.45) is 0 Å². The predicted octanol–water partition coefficient (Wildman–Crippen LogP) is 2.01. The second kappa shape index (κ2) is 3.92. The van der Waals surface area contributed by atoms with Gasteiger partial charge >= 0.3 is 0 Å². The molecular weight excluding hydrogens is 190 g/mol. The van der Waals surface area contributed by atoms with E-state index in [1.807, 2.05) is 0 Å². The van der Waals surface area contributed by atoms with Crippen LogP contribution in [0.3, 0.4) is 0 Å². The summed E-state index contributed by atoms with van der Waals surface area (Å²) in [6.45, 7) is 1.38. The first-order chi connectivity index (χ1) is 6.60. The lowest BCUT2D eigenvalue weighted by molar-refractivity contribution is 0.111. The van der Waals surface area contributed by atoms with Crippen molar-refractivity contribution in [3.63, 3.8) is 0 Å². The molecule has 3 nitrogen and oxygen atoms in total. The molecule has 0 aromatic carbocycles. The van der Waals surface area contributed by atoms with Crippen LogP contribution in [-0.2, 0) is 0 Å². The van der Waals surface area contributed by atoms with Gasteiger partial charge in [0.05, 0.1) is 11.6 Å². The number of halogens is 2. The van der Waals surface area contributed by atoms with Crippen LogP contribution in [0.5, 0.6) is 0 Å². The van der Waals surface area contributed by atoms with Crippen molar-refractivity contribution in [2.45, 2.75) is 13.3 Å². The number of aromatic nitrogens is 1. The Morgan fingerprint density at radius 2 is 2.29 bits per heavy atom. The van der Waals surface area contributed by atoms with E-state index in [1.54, 1.807) is 6.07 Å². The number of hydrogen-bond acceptors (Lipinski definition) is 3. The fraction of sp³-hybridized carbons (Fsp3) is 0.222. The third-order valence-electron chi connectivity index (χ3n) is 1.78. The Morgan fingerprint density at radius 3 is 2.71 bits per heavy atom. The molecule has 1 aromatic heterocycles. The lowest BCUT2D eigenvalue weighted by atomic mass is 10.1. The Balaban J connectivity index is 3.43. The molecule has 0 atom stereocenters. The number of rotatable bonds is 2. The van der Waals surface area contributed by atoms with Crippen molar-refractivity contribution < 1.29 is 13.6 Å². The average molecular weight is 196 g/mol. The topological polar surface area (TPSA) is 53.8 Å². The third-order valence-corrected chi connectivity index (χ3v) is 1.78. The molecule has 0 bridgehead atoms. The van der Waals surface area contributed by atoms with E-state index in [9.17, 15) is 13.6 Å². The van der Waals surface area contributed by atoms with Crippen LogP contribution in [0.1, 0.15) is 33.7 Å². The number of carbonyl (C=O) groups is 1. The van der Waals surface area contributed by atoms with Gasteiger partial charge in [0.25, 0.3) is 6.43 Å². The van der Waals surface area contributed by atoms with Crippen molar-refractivity contribution >= 4 is 6.29 Å². The normalized spacial score (nSPS) is 9.93. The van der Waals surface area contributed by atoms with Gasteiger partial charge in [0.2, 0.25) is 0 Å². The van der Waals surface area contributed by atoms with Crippen molar-refractivity contribution in [1.82, 2.24) is 4.98 Å². The zero-order valence-electron chi connectivity index (χ0n) is 7.29. The Labute approximate surface area is 79.0 Å². The average Bonchev–Trinajstić information content (AvgIpc) is 2.17. The molecule has 0 unspecified atom stereocenters. The molecule has 0 N–H and O–H groups in total. The second-order valence-electron chi connectivity index (χ2n) is 2.64. The molecule has 0 spiro atoms. The van der Waals surface area contributed by atoms with E-state index in [1.165, 1.54) is 13.0 Å². The van der Waals surface area contributed by atoms with E-state index in [-0.39, 0.29) is 16.8 Å². The molecular formula is C9H6F2N2O. The Bertz CT molecular complexity index is 410. The molecule has 0 aliphatic heterocycles. The first-order valence-corrected chi connectivity index (χ1v) is 3.75. The predicted molar refractivity (Wildman–Crippen MR) is 44.0 cm³/mol. The minimum Gasteiger partial charge on any atom is -0.296 e. The van der Waals surface area contributed by atoms with Crippen LogP contribution in [0.2, 0.25) is 0 Å². The smallest absolute Gasteiger partial charge is 0.280 e. The maximum atomic E-state index is 12.4. The van der Waals surface area contributed by atoms with E-state index in [2.05, 4.69) is 4.98 Å². The van der Waals surface area contributed by atoms with Crippen LogP contribution in [0.15, 0.2) is 6.07 Å². The van der Waals surface area contributed by atoms with Crippen LogP contribution in [0.25, 0.3) is 0 Å². The highest BCUT2D eigenvalue weighted by Crippen LogP contribution is 2.22. The van der Waals surface area contributed by atoms with Crippen LogP contribution in [0, 0.1) is 18.3 Å². The van der Waals surface area contributed by atoms with Gasteiger partial charge in [-0.1, -0.05) is 0 Å². The van der Waals surface area contributed by atoms with Gasteiger partial charge in [-0.05, 0) is 18.6 Å². The maximum absolute atomic E-state index is 12.4. The molecule has 72 valence electrons. The summed E-state index contributed by atoms with van der Waals surface area (Å²) in [5, 5.41) is 8.61. The lowest BCUT2D eigenvalue weighted by Gasteiger charge is -2.05. The van der Waals surface area contributed by atoms with Crippen LogP contribution >= 0.6 is 0 Å². The Hall–Kier alpha value is -1.83. The monoisotopic (exact) mass is 196 g/mol. The van der Waals surface area contributed by atoms with Crippen molar-refractivity contribution in [3.8, 4) is 6.07 Å². The van der Waals surface area contributed by atoms with Gasteiger partial charge < -0.3 is 0 Å². The summed E-state index contributed by atoms with van der Waals surface area (Å²) in [4.78, 5) is 13.8. The van der Waals surface area contributed by atoms with Gasteiger partial charge in [-0.25, -0.2) is 13.8 Å². The first-order valence-electron chi connectivity index (χ1n) is 3.75. The fourth-order valence-electron chi connectivity index (χ4n) is 1.04. The third kappa shape index (κ3) is 1.74. The summed E-state index contributed by atoms with van der Waals surface area (Å²) in [6.07, 6.45) is -2.44. The standard InChI is InChI=1S/C9H6F2N2O/c1-5-6(3-12)2-7(4-14)13-8(5)9(10)11/h2,4,9H,1H3. The zero-order valence-corrected chi connectivity index (χ0v) is 7.29.